The first-order valence-corrected chi connectivity index (χ1v) is 8.47. The first-order chi connectivity index (χ1) is 9.65. The van der Waals surface area contributed by atoms with Crippen LogP contribution >= 0.6 is 11.8 Å². The van der Waals surface area contributed by atoms with Gasteiger partial charge in [-0.3, -0.25) is 4.79 Å². The lowest BCUT2D eigenvalue weighted by Gasteiger charge is -2.21. The molecule has 1 atom stereocenters. The molecule has 0 bridgehead atoms. The highest BCUT2D eigenvalue weighted by atomic mass is 32.2. The van der Waals surface area contributed by atoms with Gasteiger partial charge in [0.25, 0.3) is 0 Å². The van der Waals surface area contributed by atoms with Crippen molar-refractivity contribution < 1.29 is 4.79 Å². The molecule has 0 aromatic heterocycles. The Kier molecular flexibility index (Phi) is 5.92. The van der Waals surface area contributed by atoms with Gasteiger partial charge in [0.05, 0.1) is 6.04 Å². The lowest BCUT2D eigenvalue weighted by Crippen LogP contribution is -2.32. The third-order valence-corrected chi connectivity index (χ3v) is 5.09. The second-order valence-corrected chi connectivity index (χ2v) is 6.84. The van der Waals surface area contributed by atoms with Crippen molar-refractivity contribution in [3.05, 3.63) is 29.8 Å². The van der Waals surface area contributed by atoms with E-state index in [9.17, 15) is 4.79 Å². The molecule has 1 aromatic rings. The molecule has 3 nitrogen and oxygen atoms in total. The van der Waals surface area contributed by atoms with Crippen LogP contribution in [0, 0.1) is 0 Å². The smallest absolute Gasteiger partial charge is 0.240 e. The lowest BCUT2D eigenvalue weighted by atomic mass is 10.0. The minimum absolute atomic E-state index is 0.137. The van der Waals surface area contributed by atoms with E-state index in [1.165, 1.54) is 37.7 Å². The molecule has 20 heavy (non-hydrogen) atoms. The lowest BCUT2D eigenvalue weighted by molar-refractivity contribution is -0.117. The molecule has 0 spiro atoms. The van der Waals surface area contributed by atoms with Gasteiger partial charge in [0.15, 0.2) is 0 Å². The van der Waals surface area contributed by atoms with Gasteiger partial charge in [-0.15, -0.1) is 0 Å². The molecule has 1 fully saturated rings. The summed E-state index contributed by atoms with van der Waals surface area (Å²) in [5.74, 6) is 0.883. The van der Waals surface area contributed by atoms with E-state index < -0.39 is 6.04 Å². The summed E-state index contributed by atoms with van der Waals surface area (Å²) in [6, 6.07) is 7.60. The van der Waals surface area contributed by atoms with Crippen LogP contribution in [-0.2, 0) is 10.5 Å². The minimum atomic E-state index is -0.477. The second-order valence-electron chi connectivity index (χ2n) is 5.55. The van der Waals surface area contributed by atoms with Crippen molar-refractivity contribution in [3.8, 4) is 0 Å². The summed E-state index contributed by atoms with van der Waals surface area (Å²) in [5, 5.41) is 3.66. The fourth-order valence-corrected chi connectivity index (χ4v) is 3.72. The van der Waals surface area contributed by atoms with Crippen molar-refractivity contribution in [2.45, 2.75) is 56.1 Å². The van der Waals surface area contributed by atoms with E-state index in [-0.39, 0.29) is 5.91 Å². The number of nitrogens with two attached hydrogens (primary N) is 1. The van der Waals surface area contributed by atoms with Crippen molar-refractivity contribution in [3.63, 3.8) is 0 Å². The SMILES string of the molecule is C[C@H](N)C(=O)Nc1cccc(CSC2CCCCC2)c1. The third kappa shape index (κ3) is 4.84. The molecule has 0 radical (unpaired) electrons. The summed E-state index contributed by atoms with van der Waals surface area (Å²) in [6.45, 7) is 1.69. The van der Waals surface area contributed by atoms with Gasteiger partial charge in [0, 0.05) is 16.7 Å². The molecule has 1 saturated carbocycles. The van der Waals surface area contributed by atoms with E-state index in [4.69, 9.17) is 5.73 Å². The maximum atomic E-state index is 11.6. The molecule has 0 unspecified atom stereocenters. The molecule has 110 valence electrons. The molecule has 3 N–H and O–H groups in total. The van der Waals surface area contributed by atoms with Gasteiger partial charge in [0.2, 0.25) is 5.91 Å². The average molecular weight is 292 g/mol. The van der Waals surface area contributed by atoms with E-state index >= 15 is 0 Å². The number of carbonyl (C=O) groups is 1. The van der Waals surface area contributed by atoms with E-state index in [2.05, 4.69) is 17.4 Å². The Morgan fingerprint density at radius 3 is 2.85 bits per heavy atom. The molecular weight excluding hydrogens is 268 g/mol. The van der Waals surface area contributed by atoms with Gasteiger partial charge < -0.3 is 11.1 Å². The van der Waals surface area contributed by atoms with Gasteiger partial charge in [-0.05, 0) is 37.5 Å². The van der Waals surface area contributed by atoms with E-state index in [1.54, 1.807) is 6.92 Å². The Labute approximate surface area is 125 Å². The molecular formula is C16H24N2OS. The summed E-state index contributed by atoms with van der Waals surface area (Å²) < 4.78 is 0. The van der Waals surface area contributed by atoms with Crippen molar-refractivity contribution in [2.24, 2.45) is 5.73 Å². The van der Waals surface area contributed by atoms with E-state index in [0.29, 0.717) is 0 Å². The number of hydrogen-bond donors (Lipinski definition) is 2. The number of thioether (sulfide) groups is 1. The second kappa shape index (κ2) is 7.70. The summed E-state index contributed by atoms with van der Waals surface area (Å²) in [6.07, 6.45) is 6.86. The summed E-state index contributed by atoms with van der Waals surface area (Å²) in [4.78, 5) is 11.6. The Morgan fingerprint density at radius 1 is 1.40 bits per heavy atom. The van der Waals surface area contributed by atoms with Crippen LogP contribution in [0.2, 0.25) is 0 Å². The number of hydrogen-bond acceptors (Lipinski definition) is 3. The van der Waals surface area contributed by atoms with Crippen LogP contribution in [0.5, 0.6) is 0 Å². The minimum Gasteiger partial charge on any atom is -0.325 e. The molecule has 4 heteroatoms. The van der Waals surface area contributed by atoms with Gasteiger partial charge in [-0.25, -0.2) is 0 Å². The van der Waals surface area contributed by atoms with Crippen LogP contribution in [-0.4, -0.2) is 17.2 Å². The van der Waals surface area contributed by atoms with Gasteiger partial charge in [-0.2, -0.15) is 11.8 Å². The number of rotatable bonds is 5. The Hall–Kier alpha value is -1.00. The molecule has 1 amide bonds. The molecule has 1 aliphatic rings. The highest BCUT2D eigenvalue weighted by Gasteiger charge is 2.14. The normalized spacial score (nSPS) is 17.7. The fourth-order valence-electron chi connectivity index (χ4n) is 2.44. The Balaban J connectivity index is 1.87. The molecule has 2 rings (SSSR count). The predicted octanol–water partition coefficient (Wildman–Crippen LogP) is 3.54. The van der Waals surface area contributed by atoms with Crippen molar-refractivity contribution in [2.75, 3.05) is 5.32 Å². The summed E-state index contributed by atoms with van der Waals surface area (Å²) >= 11 is 2.05. The van der Waals surface area contributed by atoms with Crippen LogP contribution in [0.3, 0.4) is 0 Å². The van der Waals surface area contributed by atoms with Crippen LogP contribution in [0.1, 0.15) is 44.6 Å². The van der Waals surface area contributed by atoms with Crippen LogP contribution in [0.4, 0.5) is 5.69 Å². The third-order valence-electron chi connectivity index (χ3n) is 3.65. The monoisotopic (exact) mass is 292 g/mol. The molecule has 0 heterocycles. The number of amides is 1. The molecule has 1 aromatic carbocycles. The highest BCUT2D eigenvalue weighted by Crippen LogP contribution is 2.30. The summed E-state index contributed by atoms with van der Waals surface area (Å²) in [5.41, 5.74) is 7.67. The first-order valence-electron chi connectivity index (χ1n) is 7.42. The van der Waals surface area contributed by atoms with Crippen molar-refractivity contribution in [1.82, 2.24) is 0 Å². The maximum Gasteiger partial charge on any atom is 0.240 e. The number of nitrogens with one attached hydrogen (secondary N) is 1. The van der Waals surface area contributed by atoms with E-state index in [0.717, 1.165) is 16.7 Å². The Bertz CT molecular complexity index is 442. The summed E-state index contributed by atoms with van der Waals surface area (Å²) in [7, 11) is 0. The van der Waals surface area contributed by atoms with Crippen molar-refractivity contribution >= 4 is 23.4 Å². The van der Waals surface area contributed by atoms with Crippen LogP contribution < -0.4 is 11.1 Å². The average Bonchev–Trinajstić information content (AvgIpc) is 2.46. The van der Waals surface area contributed by atoms with Gasteiger partial charge >= 0.3 is 0 Å². The maximum absolute atomic E-state index is 11.6. The molecule has 1 aliphatic carbocycles. The number of carbonyl (C=O) groups excluding carboxylic acids is 1. The fraction of sp³-hybridized carbons (Fsp3) is 0.562. The largest absolute Gasteiger partial charge is 0.325 e. The van der Waals surface area contributed by atoms with E-state index in [1.807, 2.05) is 23.9 Å². The zero-order valence-corrected chi connectivity index (χ0v) is 12.9. The van der Waals surface area contributed by atoms with Crippen LogP contribution in [0.25, 0.3) is 0 Å². The zero-order valence-electron chi connectivity index (χ0n) is 12.1. The van der Waals surface area contributed by atoms with Gasteiger partial charge in [0.1, 0.15) is 0 Å². The number of anilines is 1. The van der Waals surface area contributed by atoms with Gasteiger partial charge in [-0.1, -0.05) is 31.4 Å². The topological polar surface area (TPSA) is 55.1 Å². The number of benzene rings is 1. The Morgan fingerprint density at radius 2 is 2.15 bits per heavy atom. The van der Waals surface area contributed by atoms with Crippen molar-refractivity contribution in [1.29, 1.82) is 0 Å². The standard InChI is InChI=1S/C16H24N2OS/c1-12(17)16(19)18-14-7-5-6-13(10-14)11-20-15-8-3-2-4-9-15/h5-7,10,12,15H,2-4,8-9,11,17H2,1H3,(H,18,19)/t12-/m0/s1. The molecule has 0 saturated heterocycles. The predicted molar refractivity (Wildman–Crippen MR) is 86.9 cm³/mol. The van der Waals surface area contributed by atoms with Crippen LogP contribution in [0.15, 0.2) is 24.3 Å². The zero-order chi connectivity index (χ0) is 14.4. The first kappa shape index (κ1) is 15.4. The highest BCUT2D eigenvalue weighted by molar-refractivity contribution is 7.99. The quantitative estimate of drug-likeness (QED) is 0.872. The molecule has 0 aliphatic heterocycles.